The predicted octanol–water partition coefficient (Wildman–Crippen LogP) is 3.71. The molecule has 1 aromatic rings. The zero-order valence-corrected chi connectivity index (χ0v) is 13.2. The van der Waals surface area contributed by atoms with E-state index < -0.39 is 0 Å². The molecule has 1 saturated heterocycles. The van der Waals surface area contributed by atoms with Crippen LogP contribution in [0, 0.1) is 5.92 Å². The smallest absolute Gasteiger partial charge is 0.107 e. The molecule has 0 aliphatic carbocycles. The van der Waals surface area contributed by atoms with Crippen LogP contribution in [-0.2, 0) is 0 Å². The second kappa shape index (κ2) is 5.57. The van der Waals surface area contributed by atoms with Gasteiger partial charge in [0.1, 0.15) is 4.99 Å². The molecular formula is C14H19BrN2S. The van der Waals surface area contributed by atoms with Crippen molar-refractivity contribution in [1.82, 2.24) is 0 Å². The van der Waals surface area contributed by atoms with E-state index in [1.165, 1.54) is 18.5 Å². The van der Waals surface area contributed by atoms with Crippen LogP contribution >= 0.6 is 28.1 Å². The van der Waals surface area contributed by atoms with Gasteiger partial charge in [-0.25, -0.2) is 0 Å². The second-order valence-corrected chi connectivity index (χ2v) is 6.44. The molecule has 1 aliphatic heterocycles. The highest BCUT2D eigenvalue weighted by atomic mass is 79.9. The Morgan fingerprint density at radius 3 is 2.83 bits per heavy atom. The van der Waals surface area contributed by atoms with E-state index in [0.717, 1.165) is 16.6 Å². The molecule has 0 saturated carbocycles. The average Bonchev–Trinajstić information content (AvgIpc) is 2.76. The van der Waals surface area contributed by atoms with Gasteiger partial charge in [0.2, 0.25) is 0 Å². The summed E-state index contributed by atoms with van der Waals surface area (Å²) in [5, 5.41) is 0. The molecule has 0 radical (unpaired) electrons. The summed E-state index contributed by atoms with van der Waals surface area (Å²) in [6.45, 7) is 5.65. The summed E-state index contributed by atoms with van der Waals surface area (Å²) in [6, 6.07) is 6.77. The highest BCUT2D eigenvalue weighted by molar-refractivity contribution is 9.10. The molecule has 0 spiro atoms. The van der Waals surface area contributed by atoms with E-state index in [2.05, 4.69) is 46.8 Å². The molecular weight excluding hydrogens is 308 g/mol. The molecule has 1 heterocycles. The lowest BCUT2D eigenvalue weighted by molar-refractivity contribution is 0.492. The maximum Gasteiger partial charge on any atom is 0.107 e. The Bertz CT molecular complexity index is 459. The number of rotatable bonds is 3. The van der Waals surface area contributed by atoms with Crippen molar-refractivity contribution in [3.8, 4) is 0 Å². The molecule has 98 valence electrons. The fourth-order valence-corrected chi connectivity index (χ4v) is 3.70. The van der Waals surface area contributed by atoms with Gasteiger partial charge in [-0.3, -0.25) is 0 Å². The van der Waals surface area contributed by atoms with Crippen molar-refractivity contribution in [2.75, 3.05) is 11.4 Å². The van der Waals surface area contributed by atoms with Crippen molar-refractivity contribution >= 4 is 38.8 Å². The molecule has 2 nitrogen and oxygen atoms in total. The Balaban J connectivity index is 2.44. The van der Waals surface area contributed by atoms with Gasteiger partial charge in [-0.1, -0.05) is 32.1 Å². The third kappa shape index (κ3) is 2.54. The molecule has 1 atom stereocenters. The van der Waals surface area contributed by atoms with Gasteiger partial charge in [-0.2, -0.15) is 0 Å². The molecule has 0 amide bonds. The highest BCUT2D eigenvalue weighted by Crippen LogP contribution is 2.34. The molecule has 2 N–H and O–H groups in total. The van der Waals surface area contributed by atoms with E-state index >= 15 is 0 Å². The van der Waals surface area contributed by atoms with Crippen molar-refractivity contribution in [1.29, 1.82) is 0 Å². The lowest BCUT2D eigenvalue weighted by Crippen LogP contribution is -2.34. The van der Waals surface area contributed by atoms with Crippen LogP contribution in [0.3, 0.4) is 0 Å². The summed E-state index contributed by atoms with van der Waals surface area (Å²) < 4.78 is 0.988. The first kappa shape index (κ1) is 13.8. The lowest BCUT2D eigenvalue weighted by atomic mass is 10.0. The highest BCUT2D eigenvalue weighted by Gasteiger charge is 2.29. The SMILES string of the molecule is CC(C)C1CCCN1c1cccc(Br)c1C(N)=S. The number of benzene rings is 1. The maximum atomic E-state index is 5.88. The number of anilines is 1. The minimum absolute atomic E-state index is 0.465. The normalized spacial score (nSPS) is 19.6. The van der Waals surface area contributed by atoms with Gasteiger partial charge in [0.25, 0.3) is 0 Å². The Labute approximate surface area is 123 Å². The Morgan fingerprint density at radius 1 is 1.50 bits per heavy atom. The van der Waals surface area contributed by atoms with Crippen LogP contribution in [0.5, 0.6) is 0 Å². The van der Waals surface area contributed by atoms with E-state index in [1.807, 2.05) is 6.07 Å². The van der Waals surface area contributed by atoms with Gasteiger partial charge < -0.3 is 10.6 Å². The molecule has 0 bridgehead atoms. The van der Waals surface area contributed by atoms with E-state index in [-0.39, 0.29) is 0 Å². The molecule has 1 unspecified atom stereocenters. The molecule has 18 heavy (non-hydrogen) atoms. The van der Waals surface area contributed by atoms with E-state index in [0.29, 0.717) is 16.9 Å². The van der Waals surface area contributed by atoms with Crippen molar-refractivity contribution in [3.05, 3.63) is 28.2 Å². The third-order valence-electron chi connectivity index (χ3n) is 3.62. The summed E-state index contributed by atoms with van der Waals surface area (Å²) in [5.41, 5.74) is 8.03. The molecule has 1 aromatic carbocycles. The zero-order valence-electron chi connectivity index (χ0n) is 10.8. The standard InChI is InChI=1S/C14H19BrN2S/c1-9(2)11-7-4-8-17(11)12-6-3-5-10(15)13(12)14(16)18/h3,5-6,9,11H,4,7-8H2,1-2H3,(H2,16,18). The Morgan fingerprint density at radius 2 is 2.22 bits per heavy atom. The number of hydrogen-bond donors (Lipinski definition) is 1. The van der Waals surface area contributed by atoms with Crippen molar-refractivity contribution in [2.24, 2.45) is 11.7 Å². The second-order valence-electron chi connectivity index (χ2n) is 5.15. The van der Waals surface area contributed by atoms with Crippen molar-refractivity contribution in [2.45, 2.75) is 32.7 Å². The number of thiocarbonyl (C=S) groups is 1. The van der Waals surface area contributed by atoms with Crippen LogP contribution in [0.1, 0.15) is 32.3 Å². The number of halogens is 1. The largest absolute Gasteiger partial charge is 0.389 e. The number of hydrogen-bond acceptors (Lipinski definition) is 2. The first-order chi connectivity index (χ1) is 8.52. The summed E-state index contributed by atoms with van der Waals surface area (Å²) in [5.74, 6) is 0.644. The van der Waals surface area contributed by atoms with E-state index in [9.17, 15) is 0 Å². The predicted molar refractivity (Wildman–Crippen MR) is 85.2 cm³/mol. The first-order valence-corrected chi connectivity index (χ1v) is 7.57. The van der Waals surface area contributed by atoms with Crippen LogP contribution in [0.15, 0.2) is 22.7 Å². The van der Waals surface area contributed by atoms with Gasteiger partial charge in [0.05, 0.1) is 0 Å². The minimum atomic E-state index is 0.465. The number of nitrogens with two attached hydrogens (primary N) is 1. The zero-order chi connectivity index (χ0) is 13.3. The van der Waals surface area contributed by atoms with Gasteiger partial charge in [-0.05, 0) is 46.8 Å². The average molecular weight is 327 g/mol. The number of nitrogens with zero attached hydrogens (tertiary/aromatic N) is 1. The Kier molecular flexibility index (Phi) is 4.28. The maximum absolute atomic E-state index is 5.88. The van der Waals surface area contributed by atoms with Gasteiger partial charge in [0.15, 0.2) is 0 Å². The summed E-state index contributed by atoms with van der Waals surface area (Å²) in [7, 11) is 0. The van der Waals surface area contributed by atoms with Crippen LogP contribution in [0.4, 0.5) is 5.69 Å². The van der Waals surface area contributed by atoms with Crippen LogP contribution in [0.25, 0.3) is 0 Å². The topological polar surface area (TPSA) is 29.3 Å². The fraction of sp³-hybridized carbons (Fsp3) is 0.500. The Hall–Kier alpha value is -0.610. The van der Waals surface area contributed by atoms with Crippen LogP contribution < -0.4 is 10.6 Å². The fourth-order valence-electron chi connectivity index (χ4n) is 2.78. The molecule has 4 heteroatoms. The van der Waals surface area contributed by atoms with Crippen LogP contribution in [-0.4, -0.2) is 17.6 Å². The van der Waals surface area contributed by atoms with Crippen molar-refractivity contribution < 1.29 is 0 Å². The van der Waals surface area contributed by atoms with Crippen molar-refractivity contribution in [3.63, 3.8) is 0 Å². The van der Waals surface area contributed by atoms with E-state index in [1.54, 1.807) is 0 Å². The van der Waals surface area contributed by atoms with E-state index in [4.69, 9.17) is 18.0 Å². The monoisotopic (exact) mass is 326 g/mol. The quantitative estimate of drug-likeness (QED) is 0.858. The summed E-state index contributed by atoms with van der Waals surface area (Å²) in [4.78, 5) is 2.93. The summed E-state index contributed by atoms with van der Waals surface area (Å²) >= 11 is 8.76. The van der Waals surface area contributed by atoms with Gasteiger partial charge in [-0.15, -0.1) is 0 Å². The first-order valence-electron chi connectivity index (χ1n) is 6.37. The van der Waals surface area contributed by atoms with Gasteiger partial charge >= 0.3 is 0 Å². The molecule has 0 aromatic heterocycles. The third-order valence-corrected chi connectivity index (χ3v) is 4.48. The minimum Gasteiger partial charge on any atom is -0.389 e. The van der Waals surface area contributed by atoms with Gasteiger partial charge in [0, 0.05) is 28.3 Å². The van der Waals surface area contributed by atoms with Crippen LogP contribution in [0.2, 0.25) is 0 Å². The molecule has 1 aliphatic rings. The summed E-state index contributed by atoms with van der Waals surface area (Å²) in [6.07, 6.45) is 2.49. The molecule has 1 fully saturated rings. The lowest BCUT2D eigenvalue weighted by Gasteiger charge is -2.31. The molecule has 2 rings (SSSR count).